The van der Waals surface area contributed by atoms with Crippen LogP contribution in [0.2, 0.25) is 0 Å². The van der Waals surface area contributed by atoms with Crippen LogP contribution >= 0.6 is 0 Å². The Morgan fingerprint density at radius 3 is 2.67 bits per heavy atom. The van der Waals surface area contributed by atoms with Crippen LogP contribution < -0.4 is 10.9 Å². The molecular weight excluding hydrogens is 312 g/mol. The zero-order chi connectivity index (χ0) is 17.9. The number of pyridine rings is 1. The van der Waals surface area contributed by atoms with Gasteiger partial charge in [0.05, 0.1) is 12.7 Å². The van der Waals surface area contributed by atoms with E-state index in [2.05, 4.69) is 10.1 Å². The number of esters is 1. The molecule has 1 aliphatic heterocycles. The van der Waals surface area contributed by atoms with E-state index in [0.717, 1.165) is 12.1 Å². The fourth-order valence-electron chi connectivity index (χ4n) is 2.71. The van der Waals surface area contributed by atoms with Gasteiger partial charge in [-0.05, 0) is 45.6 Å². The van der Waals surface area contributed by atoms with Gasteiger partial charge in [-0.25, -0.2) is 9.59 Å². The molecule has 7 heteroatoms. The Kier molecular flexibility index (Phi) is 5.31. The zero-order valence-corrected chi connectivity index (χ0v) is 14.5. The summed E-state index contributed by atoms with van der Waals surface area (Å²) in [4.78, 5) is 35.5. The summed E-state index contributed by atoms with van der Waals surface area (Å²) >= 11 is 0. The van der Waals surface area contributed by atoms with Crippen LogP contribution in [0.25, 0.3) is 0 Å². The number of rotatable bonds is 3. The van der Waals surface area contributed by atoms with E-state index >= 15 is 0 Å². The number of hydrogen-bond donors (Lipinski definition) is 1. The number of alkyl carbamates (subject to hydrolysis) is 1. The summed E-state index contributed by atoms with van der Waals surface area (Å²) in [6.07, 6.45) is 1.03. The number of aryl methyl sites for hydroxylation is 1. The van der Waals surface area contributed by atoms with Crippen molar-refractivity contribution in [2.75, 3.05) is 13.7 Å². The van der Waals surface area contributed by atoms with Crippen molar-refractivity contribution < 1.29 is 19.1 Å². The molecule has 7 nitrogen and oxygen atoms in total. The first-order valence-electron chi connectivity index (χ1n) is 7.98. The molecular formula is C17H24N2O5. The van der Waals surface area contributed by atoms with E-state index in [1.54, 1.807) is 10.6 Å². The Morgan fingerprint density at radius 1 is 1.33 bits per heavy atom. The predicted octanol–water partition coefficient (Wildman–Crippen LogP) is 1.72. The van der Waals surface area contributed by atoms with Crippen LogP contribution in [0.15, 0.2) is 16.9 Å². The number of carbonyl (C=O) groups is 2. The molecule has 24 heavy (non-hydrogen) atoms. The third-order valence-corrected chi connectivity index (χ3v) is 3.82. The number of nitrogens with zero attached hydrogens (tertiary/aromatic N) is 1. The topological polar surface area (TPSA) is 86.6 Å². The molecule has 0 saturated heterocycles. The second-order valence-corrected chi connectivity index (χ2v) is 6.96. The van der Waals surface area contributed by atoms with Gasteiger partial charge in [0.1, 0.15) is 5.60 Å². The Bertz CT molecular complexity index is 687. The minimum Gasteiger partial charge on any atom is -0.465 e. The summed E-state index contributed by atoms with van der Waals surface area (Å²) < 4.78 is 11.5. The van der Waals surface area contributed by atoms with Crippen molar-refractivity contribution in [2.45, 2.75) is 45.8 Å². The molecule has 0 aliphatic carbocycles. The van der Waals surface area contributed by atoms with Crippen molar-refractivity contribution >= 4 is 12.1 Å². The highest BCUT2D eigenvalue weighted by molar-refractivity contribution is 5.89. The van der Waals surface area contributed by atoms with E-state index in [1.807, 2.05) is 20.8 Å². The third-order valence-electron chi connectivity index (χ3n) is 3.82. The predicted molar refractivity (Wildman–Crippen MR) is 88.1 cm³/mol. The Labute approximate surface area is 140 Å². The van der Waals surface area contributed by atoms with Crippen LogP contribution in [-0.2, 0) is 22.4 Å². The van der Waals surface area contributed by atoms with Crippen LogP contribution in [0.1, 0.15) is 43.2 Å². The molecule has 0 radical (unpaired) electrons. The van der Waals surface area contributed by atoms with Crippen molar-refractivity contribution in [3.8, 4) is 0 Å². The first-order valence-corrected chi connectivity index (χ1v) is 7.98. The molecule has 1 amide bonds. The molecule has 1 N–H and O–H groups in total. The average molecular weight is 336 g/mol. The standard InChI is InChI=1S/C17H24N2O5/c1-17(2,3)24-16(22)18-9-11-5-6-13-7-12(15(21)23-4)8-14(20)19(13)10-11/h7-8,11H,5-6,9-10H2,1-4H3,(H,18,22). The first-order chi connectivity index (χ1) is 11.2. The fraction of sp³-hybridized carbons (Fsp3) is 0.588. The van der Waals surface area contributed by atoms with Gasteiger partial charge < -0.3 is 19.4 Å². The largest absolute Gasteiger partial charge is 0.465 e. The summed E-state index contributed by atoms with van der Waals surface area (Å²) in [5.74, 6) is -0.365. The van der Waals surface area contributed by atoms with E-state index in [0.29, 0.717) is 19.5 Å². The maximum absolute atomic E-state index is 12.2. The van der Waals surface area contributed by atoms with Crippen LogP contribution in [0.4, 0.5) is 4.79 Å². The first kappa shape index (κ1) is 18.0. The summed E-state index contributed by atoms with van der Waals surface area (Å²) in [6.45, 7) is 6.37. The molecule has 1 aromatic rings. The molecule has 0 fully saturated rings. The molecule has 1 unspecified atom stereocenters. The lowest BCUT2D eigenvalue weighted by Crippen LogP contribution is -2.39. The lowest BCUT2D eigenvalue weighted by molar-refractivity contribution is 0.0513. The number of fused-ring (bicyclic) bond motifs is 1. The molecule has 0 aromatic carbocycles. The number of carbonyl (C=O) groups excluding carboxylic acids is 2. The number of nitrogens with one attached hydrogen (secondary N) is 1. The molecule has 132 valence electrons. The van der Waals surface area contributed by atoms with Crippen molar-refractivity contribution in [3.05, 3.63) is 33.7 Å². The summed E-state index contributed by atoms with van der Waals surface area (Å²) in [5.41, 5.74) is 0.329. The molecule has 1 aromatic heterocycles. The summed E-state index contributed by atoms with van der Waals surface area (Å²) in [5, 5.41) is 2.75. The molecule has 0 bridgehead atoms. The Hall–Kier alpha value is -2.31. The van der Waals surface area contributed by atoms with Gasteiger partial charge in [-0.1, -0.05) is 0 Å². The monoisotopic (exact) mass is 336 g/mol. The van der Waals surface area contributed by atoms with E-state index in [4.69, 9.17) is 4.74 Å². The Balaban J connectivity index is 2.01. The number of hydrogen-bond acceptors (Lipinski definition) is 5. The lowest BCUT2D eigenvalue weighted by Gasteiger charge is -2.27. The second kappa shape index (κ2) is 7.07. The molecule has 0 spiro atoms. The highest BCUT2D eigenvalue weighted by atomic mass is 16.6. The van der Waals surface area contributed by atoms with Gasteiger partial charge in [-0.3, -0.25) is 4.79 Å². The maximum Gasteiger partial charge on any atom is 0.407 e. The van der Waals surface area contributed by atoms with Gasteiger partial charge in [0, 0.05) is 24.8 Å². The quantitative estimate of drug-likeness (QED) is 0.849. The van der Waals surface area contributed by atoms with Gasteiger partial charge in [-0.15, -0.1) is 0 Å². The average Bonchev–Trinajstić information content (AvgIpc) is 2.50. The van der Waals surface area contributed by atoms with Gasteiger partial charge in [0.15, 0.2) is 0 Å². The van der Waals surface area contributed by atoms with Crippen LogP contribution in [-0.4, -0.2) is 35.9 Å². The van der Waals surface area contributed by atoms with Crippen molar-refractivity contribution in [1.29, 1.82) is 0 Å². The SMILES string of the molecule is COC(=O)c1cc2n(c(=O)c1)CC(CNC(=O)OC(C)(C)C)CC2. The third kappa shape index (κ3) is 4.59. The van der Waals surface area contributed by atoms with Crippen molar-refractivity contribution in [2.24, 2.45) is 5.92 Å². The minimum absolute atomic E-state index is 0.145. The van der Waals surface area contributed by atoms with Crippen LogP contribution in [0, 0.1) is 5.92 Å². The second-order valence-electron chi connectivity index (χ2n) is 6.96. The van der Waals surface area contributed by atoms with Gasteiger partial charge in [0.2, 0.25) is 0 Å². The van der Waals surface area contributed by atoms with Gasteiger partial charge in [-0.2, -0.15) is 0 Å². The number of amides is 1. The highest BCUT2D eigenvalue weighted by Gasteiger charge is 2.23. The van der Waals surface area contributed by atoms with E-state index in [9.17, 15) is 14.4 Å². The molecule has 2 heterocycles. The molecule has 1 atom stereocenters. The lowest BCUT2D eigenvalue weighted by atomic mass is 9.96. The summed E-state index contributed by atoms with van der Waals surface area (Å²) in [6, 6.07) is 2.99. The normalized spacial score (nSPS) is 16.9. The minimum atomic E-state index is -0.537. The Morgan fingerprint density at radius 2 is 2.04 bits per heavy atom. The fourth-order valence-corrected chi connectivity index (χ4v) is 2.71. The van der Waals surface area contributed by atoms with E-state index in [-0.39, 0.29) is 17.0 Å². The van der Waals surface area contributed by atoms with Crippen LogP contribution in [0.3, 0.4) is 0 Å². The van der Waals surface area contributed by atoms with Gasteiger partial charge in [0.25, 0.3) is 5.56 Å². The summed E-state index contributed by atoms with van der Waals surface area (Å²) in [7, 11) is 1.29. The van der Waals surface area contributed by atoms with E-state index < -0.39 is 17.7 Å². The van der Waals surface area contributed by atoms with Crippen molar-refractivity contribution in [1.82, 2.24) is 9.88 Å². The number of ether oxygens (including phenoxy) is 2. The highest BCUT2D eigenvalue weighted by Crippen LogP contribution is 2.19. The van der Waals surface area contributed by atoms with Gasteiger partial charge >= 0.3 is 12.1 Å². The molecule has 0 saturated carbocycles. The zero-order valence-electron chi connectivity index (χ0n) is 14.5. The van der Waals surface area contributed by atoms with Crippen LogP contribution in [0.5, 0.6) is 0 Å². The molecule has 2 rings (SSSR count). The smallest absolute Gasteiger partial charge is 0.407 e. The maximum atomic E-state index is 12.2. The van der Waals surface area contributed by atoms with Crippen molar-refractivity contribution in [3.63, 3.8) is 0 Å². The van der Waals surface area contributed by atoms with E-state index in [1.165, 1.54) is 13.2 Å². The number of methoxy groups -OCH3 is 1. The number of aromatic nitrogens is 1. The molecule has 1 aliphatic rings.